The number of hydrogen-bond donors (Lipinski definition) is 1. The average molecular weight is 158 g/mol. The molecule has 11 heavy (non-hydrogen) atoms. The van der Waals surface area contributed by atoms with E-state index in [4.69, 9.17) is 5.11 Å². The molecule has 1 N–H and O–H groups in total. The van der Waals surface area contributed by atoms with Gasteiger partial charge in [0.2, 0.25) is 0 Å². The zero-order chi connectivity index (χ0) is 8.91. The molecule has 1 saturated carbocycles. The van der Waals surface area contributed by atoms with Crippen LogP contribution in [0.5, 0.6) is 0 Å². The summed E-state index contributed by atoms with van der Waals surface area (Å²) in [5.74, 6) is -0.625. The Hall–Kier alpha value is -0.530. The molecule has 0 unspecified atom stereocenters. The molecule has 1 aliphatic carbocycles. The second-order valence-corrected chi connectivity index (χ2v) is 3.07. The van der Waals surface area contributed by atoms with Crippen molar-refractivity contribution in [3.8, 4) is 0 Å². The lowest BCUT2D eigenvalue weighted by molar-refractivity contribution is -0.147. The van der Waals surface area contributed by atoms with Crippen molar-refractivity contribution in [1.29, 1.82) is 0 Å². The number of carboxylic acid groups (broad SMARTS) is 1. The Morgan fingerprint density at radius 2 is 1.64 bits per heavy atom. The summed E-state index contributed by atoms with van der Waals surface area (Å²) in [4.78, 5) is 10.5. The molecular weight excluding hydrogens is 140 g/mol. The van der Waals surface area contributed by atoms with Gasteiger partial charge in [-0.25, -0.2) is 0 Å². The Kier molecular flexibility index (Phi) is 4.16. The van der Waals surface area contributed by atoms with E-state index in [2.05, 4.69) is 0 Å². The van der Waals surface area contributed by atoms with E-state index in [1.807, 2.05) is 20.8 Å². The van der Waals surface area contributed by atoms with Gasteiger partial charge >= 0.3 is 5.97 Å². The fourth-order valence-corrected chi connectivity index (χ4v) is 1.37. The first-order chi connectivity index (χ1) is 5.15. The summed E-state index contributed by atoms with van der Waals surface area (Å²) >= 11 is 0. The molecule has 1 fully saturated rings. The quantitative estimate of drug-likeness (QED) is 0.637. The molecule has 1 rings (SSSR count). The molecule has 2 heteroatoms. The molecule has 0 aromatic carbocycles. The van der Waals surface area contributed by atoms with Crippen molar-refractivity contribution in [2.75, 3.05) is 0 Å². The van der Waals surface area contributed by atoms with Crippen LogP contribution in [0.3, 0.4) is 0 Å². The van der Waals surface area contributed by atoms with Crippen LogP contribution >= 0.6 is 0 Å². The first kappa shape index (κ1) is 10.5. The van der Waals surface area contributed by atoms with Crippen LogP contribution in [0.15, 0.2) is 0 Å². The van der Waals surface area contributed by atoms with Crippen LogP contribution in [-0.4, -0.2) is 11.1 Å². The maximum Gasteiger partial charge on any atom is 0.309 e. The number of carbonyl (C=O) groups is 1. The van der Waals surface area contributed by atoms with Crippen LogP contribution in [0.2, 0.25) is 0 Å². The van der Waals surface area contributed by atoms with Crippen molar-refractivity contribution in [3.63, 3.8) is 0 Å². The van der Waals surface area contributed by atoms with Gasteiger partial charge in [-0.1, -0.05) is 26.7 Å². The lowest BCUT2D eigenvalue weighted by atomic mass is 9.89. The highest BCUT2D eigenvalue weighted by Crippen LogP contribution is 2.37. The normalized spacial score (nSPS) is 20.3. The van der Waals surface area contributed by atoms with Gasteiger partial charge in [0.25, 0.3) is 0 Å². The predicted octanol–water partition coefficient (Wildman–Crippen LogP) is 2.68. The summed E-state index contributed by atoms with van der Waals surface area (Å²) in [6.45, 7) is 5.84. The highest BCUT2D eigenvalue weighted by molar-refractivity contribution is 5.74. The van der Waals surface area contributed by atoms with Gasteiger partial charge in [0.1, 0.15) is 0 Å². The van der Waals surface area contributed by atoms with E-state index in [0.717, 1.165) is 25.7 Å². The Morgan fingerprint density at radius 3 is 1.82 bits per heavy atom. The monoisotopic (exact) mass is 158 g/mol. The van der Waals surface area contributed by atoms with Gasteiger partial charge in [-0.2, -0.15) is 0 Å². The fourth-order valence-electron chi connectivity index (χ4n) is 1.37. The standard InChI is InChI=1S/C7H12O2.C2H6/c1-7(6(8)9)4-2-3-5-7;1-2/h2-5H2,1H3,(H,8,9);1-2H3. The first-order valence-electron chi connectivity index (χ1n) is 4.38. The van der Waals surface area contributed by atoms with Crippen LogP contribution in [-0.2, 0) is 4.79 Å². The minimum Gasteiger partial charge on any atom is -0.481 e. The molecule has 66 valence electrons. The Morgan fingerprint density at radius 1 is 1.27 bits per heavy atom. The molecule has 0 spiro atoms. The van der Waals surface area contributed by atoms with Crippen molar-refractivity contribution in [1.82, 2.24) is 0 Å². The number of hydrogen-bond acceptors (Lipinski definition) is 1. The summed E-state index contributed by atoms with van der Waals surface area (Å²) in [6.07, 6.45) is 3.90. The molecule has 1 aliphatic rings. The molecule has 0 amide bonds. The van der Waals surface area contributed by atoms with Gasteiger partial charge in [0.05, 0.1) is 5.41 Å². The highest BCUT2D eigenvalue weighted by atomic mass is 16.4. The minimum atomic E-state index is -0.625. The molecule has 0 radical (unpaired) electrons. The molecule has 0 aromatic rings. The average Bonchev–Trinajstić information content (AvgIpc) is 2.42. The summed E-state index contributed by atoms with van der Waals surface area (Å²) < 4.78 is 0. The molecular formula is C9H18O2. The maximum absolute atomic E-state index is 10.5. The SMILES string of the molecule is CC.CC1(C(=O)O)CCCC1. The van der Waals surface area contributed by atoms with Crippen LogP contribution in [0.4, 0.5) is 0 Å². The van der Waals surface area contributed by atoms with Crippen LogP contribution in [0.1, 0.15) is 46.5 Å². The lowest BCUT2D eigenvalue weighted by Gasteiger charge is -2.15. The third-order valence-corrected chi connectivity index (χ3v) is 2.22. The molecule has 2 nitrogen and oxygen atoms in total. The molecule has 0 bridgehead atoms. The maximum atomic E-state index is 10.5. The van der Waals surface area contributed by atoms with Gasteiger partial charge in [0.15, 0.2) is 0 Å². The third kappa shape index (κ3) is 2.52. The third-order valence-electron chi connectivity index (χ3n) is 2.22. The van der Waals surface area contributed by atoms with E-state index in [0.29, 0.717) is 0 Å². The number of carboxylic acids is 1. The second-order valence-electron chi connectivity index (χ2n) is 3.07. The van der Waals surface area contributed by atoms with E-state index in [-0.39, 0.29) is 5.41 Å². The molecule has 0 heterocycles. The van der Waals surface area contributed by atoms with Crippen molar-refractivity contribution in [3.05, 3.63) is 0 Å². The smallest absolute Gasteiger partial charge is 0.309 e. The zero-order valence-electron chi connectivity index (χ0n) is 7.68. The summed E-state index contributed by atoms with van der Waals surface area (Å²) in [6, 6.07) is 0. The van der Waals surface area contributed by atoms with E-state index in [9.17, 15) is 4.79 Å². The van der Waals surface area contributed by atoms with Gasteiger partial charge in [-0.3, -0.25) is 4.79 Å². The second kappa shape index (κ2) is 4.37. The van der Waals surface area contributed by atoms with Gasteiger partial charge in [-0.05, 0) is 19.8 Å². The molecule has 0 aliphatic heterocycles. The molecule has 0 atom stereocenters. The summed E-state index contributed by atoms with van der Waals surface area (Å²) in [5, 5.41) is 8.67. The highest BCUT2D eigenvalue weighted by Gasteiger charge is 2.35. The first-order valence-corrected chi connectivity index (χ1v) is 4.38. The molecule has 0 saturated heterocycles. The van der Waals surface area contributed by atoms with Crippen LogP contribution in [0.25, 0.3) is 0 Å². The van der Waals surface area contributed by atoms with Crippen molar-refractivity contribution < 1.29 is 9.90 Å². The molecule has 0 aromatic heterocycles. The summed E-state index contributed by atoms with van der Waals surface area (Å²) in [7, 11) is 0. The topological polar surface area (TPSA) is 37.3 Å². The number of aliphatic carboxylic acids is 1. The predicted molar refractivity (Wildman–Crippen MR) is 45.6 cm³/mol. The van der Waals surface area contributed by atoms with Crippen molar-refractivity contribution >= 4 is 5.97 Å². The Labute approximate surface area is 68.6 Å². The van der Waals surface area contributed by atoms with Crippen molar-refractivity contribution in [2.24, 2.45) is 5.41 Å². The fraction of sp³-hybridized carbons (Fsp3) is 0.889. The lowest BCUT2D eigenvalue weighted by Crippen LogP contribution is -2.23. The van der Waals surface area contributed by atoms with Gasteiger partial charge in [-0.15, -0.1) is 0 Å². The Bertz CT molecular complexity index is 124. The van der Waals surface area contributed by atoms with E-state index in [1.165, 1.54) is 0 Å². The van der Waals surface area contributed by atoms with Crippen LogP contribution < -0.4 is 0 Å². The Balaban J connectivity index is 0.000000461. The summed E-state index contributed by atoms with van der Waals surface area (Å²) in [5.41, 5.74) is -0.389. The largest absolute Gasteiger partial charge is 0.481 e. The van der Waals surface area contributed by atoms with Gasteiger partial charge in [0, 0.05) is 0 Å². The minimum absolute atomic E-state index is 0.389. The van der Waals surface area contributed by atoms with Crippen molar-refractivity contribution in [2.45, 2.75) is 46.5 Å². The number of rotatable bonds is 1. The van der Waals surface area contributed by atoms with E-state index in [1.54, 1.807) is 0 Å². The van der Waals surface area contributed by atoms with Gasteiger partial charge < -0.3 is 5.11 Å². The van der Waals surface area contributed by atoms with E-state index < -0.39 is 5.97 Å². The van der Waals surface area contributed by atoms with E-state index >= 15 is 0 Å². The van der Waals surface area contributed by atoms with Crippen LogP contribution in [0, 0.1) is 5.41 Å². The zero-order valence-corrected chi connectivity index (χ0v) is 7.68.